The van der Waals surface area contributed by atoms with Gasteiger partial charge in [-0.3, -0.25) is 0 Å². The van der Waals surface area contributed by atoms with Gasteiger partial charge in [0.05, 0.1) is 0 Å². The Bertz CT molecular complexity index is 792. The van der Waals surface area contributed by atoms with Crippen molar-refractivity contribution in [1.29, 1.82) is 5.26 Å². The van der Waals surface area contributed by atoms with Crippen LogP contribution >= 0.6 is 0 Å². The smallest absolute Gasteiger partial charge is 0.144 e. The van der Waals surface area contributed by atoms with Crippen LogP contribution in [0, 0.1) is 52.6 Å². The number of nitriles is 1. The van der Waals surface area contributed by atoms with Crippen molar-refractivity contribution in [3.05, 3.63) is 47.0 Å². The quantitative estimate of drug-likeness (QED) is 0.435. The van der Waals surface area contributed by atoms with E-state index in [1.165, 1.54) is 76.3 Å². The van der Waals surface area contributed by atoms with Gasteiger partial charge in [0.15, 0.2) is 0 Å². The van der Waals surface area contributed by atoms with Crippen molar-refractivity contribution in [2.45, 2.75) is 89.9 Å². The van der Waals surface area contributed by atoms with Crippen LogP contribution in [0.5, 0.6) is 0 Å². The minimum atomic E-state index is -0.704. The summed E-state index contributed by atoms with van der Waals surface area (Å²) in [5.41, 5.74) is 0.306. The Balaban J connectivity index is 1.29. The van der Waals surface area contributed by atoms with E-state index < -0.39 is 17.2 Å². The maximum atomic E-state index is 14.1. The molecule has 1 aromatic carbocycles. The third-order valence-corrected chi connectivity index (χ3v) is 8.84. The molecule has 4 rings (SSSR count). The number of halogens is 2. The summed E-state index contributed by atoms with van der Waals surface area (Å²) in [4.78, 5) is 0. The van der Waals surface area contributed by atoms with Gasteiger partial charge in [-0.2, -0.15) is 5.26 Å². The average molecular weight is 426 g/mol. The van der Waals surface area contributed by atoms with Crippen LogP contribution < -0.4 is 0 Å². The molecular weight excluding hydrogens is 388 g/mol. The molecular formula is C28H37F2N. The largest absolute Gasteiger partial charge is 0.205 e. The first-order chi connectivity index (χ1) is 15.1. The molecule has 1 aromatic rings. The fourth-order valence-corrected chi connectivity index (χ4v) is 7.04. The van der Waals surface area contributed by atoms with Crippen LogP contribution in [0.4, 0.5) is 8.78 Å². The number of nitrogens with zero attached hydrogens (tertiary/aromatic N) is 1. The van der Waals surface area contributed by atoms with Crippen LogP contribution in [0.25, 0.3) is 0 Å². The summed E-state index contributed by atoms with van der Waals surface area (Å²) in [6, 6.07) is 4.46. The van der Waals surface area contributed by atoms with Gasteiger partial charge in [-0.1, -0.05) is 25.0 Å². The summed E-state index contributed by atoms with van der Waals surface area (Å²) in [7, 11) is 0. The van der Waals surface area contributed by atoms with E-state index in [0.29, 0.717) is 5.92 Å². The molecule has 0 radical (unpaired) electrons. The Morgan fingerprint density at radius 2 is 1.45 bits per heavy atom. The number of allylic oxidation sites excluding steroid dienone is 2. The summed E-state index contributed by atoms with van der Waals surface area (Å²) in [5.74, 6) is 3.10. The Morgan fingerprint density at radius 3 is 2.10 bits per heavy atom. The molecule has 1 nitrogen and oxygen atoms in total. The molecule has 0 aromatic heterocycles. The molecule has 3 saturated carbocycles. The summed E-state index contributed by atoms with van der Waals surface area (Å²) < 4.78 is 28.2. The average Bonchev–Trinajstić information content (AvgIpc) is 2.79. The number of benzene rings is 1. The van der Waals surface area contributed by atoms with Gasteiger partial charge in [-0.25, -0.2) is 8.78 Å². The summed E-state index contributed by atoms with van der Waals surface area (Å²) in [6.07, 6.45) is 20.1. The van der Waals surface area contributed by atoms with Gasteiger partial charge in [-0.15, -0.1) is 0 Å². The fraction of sp³-hybridized carbons (Fsp3) is 0.679. The highest BCUT2D eigenvalue weighted by molar-refractivity contribution is 5.36. The molecule has 3 fully saturated rings. The van der Waals surface area contributed by atoms with Gasteiger partial charge in [0.25, 0.3) is 0 Å². The molecule has 0 saturated heterocycles. The van der Waals surface area contributed by atoms with E-state index >= 15 is 0 Å². The van der Waals surface area contributed by atoms with Gasteiger partial charge in [-0.05, 0) is 124 Å². The molecule has 0 N–H and O–H groups in total. The molecule has 31 heavy (non-hydrogen) atoms. The first kappa shape index (κ1) is 22.5. The Hall–Kier alpha value is -1.69. The normalized spacial score (nSPS) is 33.7. The van der Waals surface area contributed by atoms with Crippen LogP contribution in [-0.2, 0) is 0 Å². The molecule has 3 heteroatoms. The summed E-state index contributed by atoms with van der Waals surface area (Å²) in [6.45, 7) is 2.11. The highest BCUT2D eigenvalue weighted by Crippen LogP contribution is 2.51. The zero-order chi connectivity index (χ0) is 21.8. The van der Waals surface area contributed by atoms with E-state index in [9.17, 15) is 8.78 Å². The van der Waals surface area contributed by atoms with Gasteiger partial charge >= 0.3 is 0 Å². The predicted octanol–water partition coefficient (Wildman–Crippen LogP) is 8.30. The first-order valence-corrected chi connectivity index (χ1v) is 12.6. The van der Waals surface area contributed by atoms with Crippen molar-refractivity contribution in [2.24, 2.45) is 29.6 Å². The maximum absolute atomic E-state index is 14.1. The first-order valence-electron chi connectivity index (χ1n) is 12.6. The van der Waals surface area contributed by atoms with E-state index in [-0.39, 0.29) is 5.92 Å². The van der Waals surface area contributed by atoms with E-state index in [1.54, 1.807) is 6.07 Å². The topological polar surface area (TPSA) is 23.8 Å². The summed E-state index contributed by atoms with van der Waals surface area (Å²) >= 11 is 0. The number of hydrogen-bond acceptors (Lipinski definition) is 1. The molecule has 3 aliphatic rings. The van der Waals surface area contributed by atoms with Crippen LogP contribution in [0.3, 0.4) is 0 Å². The zero-order valence-electron chi connectivity index (χ0n) is 19.0. The second-order valence-corrected chi connectivity index (χ2v) is 10.5. The monoisotopic (exact) mass is 425 g/mol. The van der Waals surface area contributed by atoms with Crippen LogP contribution in [-0.4, -0.2) is 0 Å². The van der Waals surface area contributed by atoms with Gasteiger partial charge in [0, 0.05) is 0 Å². The van der Waals surface area contributed by atoms with E-state index in [2.05, 4.69) is 19.1 Å². The minimum Gasteiger partial charge on any atom is -0.205 e. The second-order valence-electron chi connectivity index (χ2n) is 10.5. The van der Waals surface area contributed by atoms with Crippen molar-refractivity contribution in [1.82, 2.24) is 0 Å². The minimum absolute atomic E-state index is 0.238. The van der Waals surface area contributed by atoms with Crippen molar-refractivity contribution in [2.75, 3.05) is 0 Å². The zero-order valence-corrected chi connectivity index (χ0v) is 19.0. The van der Waals surface area contributed by atoms with Gasteiger partial charge in [0.2, 0.25) is 0 Å². The lowest BCUT2D eigenvalue weighted by atomic mass is 9.60. The van der Waals surface area contributed by atoms with Crippen molar-refractivity contribution in [3.63, 3.8) is 0 Å². The third kappa shape index (κ3) is 5.21. The number of hydrogen-bond donors (Lipinski definition) is 0. The molecule has 0 amide bonds. The SMILES string of the molecule is C/C=C/CCC1CCC(C2CCC3CC(c4cc(F)c(C#N)c(F)c4)CCC3C2)CC1. The number of rotatable bonds is 5. The van der Waals surface area contributed by atoms with Crippen molar-refractivity contribution < 1.29 is 8.78 Å². The fourth-order valence-electron chi connectivity index (χ4n) is 7.04. The lowest BCUT2D eigenvalue weighted by Gasteiger charge is -2.45. The lowest BCUT2D eigenvalue weighted by molar-refractivity contribution is 0.0712. The third-order valence-electron chi connectivity index (χ3n) is 8.84. The Kier molecular flexibility index (Phi) is 7.47. The van der Waals surface area contributed by atoms with Crippen molar-refractivity contribution >= 4 is 0 Å². The lowest BCUT2D eigenvalue weighted by Crippen LogP contribution is -2.34. The predicted molar refractivity (Wildman–Crippen MR) is 121 cm³/mol. The second kappa shape index (κ2) is 10.3. The van der Waals surface area contributed by atoms with Crippen molar-refractivity contribution in [3.8, 4) is 6.07 Å². The Morgan fingerprint density at radius 1 is 0.871 bits per heavy atom. The molecule has 0 heterocycles. The standard InChI is InChI=1S/C28H37F2N/c1-2-3-4-5-19-6-8-20(9-7-19)21-10-11-23-15-24(13-12-22(23)14-21)25-16-27(29)26(18-31)28(30)17-25/h2-3,16-17,19-24H,4-15H2,1H3/b3-2+. The molecule has 4 atom stereocenters. The van der Waals surface area contributed by atoms with Crippen LogP contribution in [0.2, 0.25) is 0 Å². The molecule has 3 aliphatic carbocycles. The Labute approximate surface area is 186 Å². The maximum Gasteiger partial charge on any atom is 0.144 e. The van der Waals surface area contributed by atoms with E-state index in [1.807, 2.05) is 0 Å². The molecule has 0 bridgehead atoms. The molecule has 0 aliphatic heterocycles. The van der Waals surface area contributed by atoms with E-state index in [0.717, 1.165) is 42.1 Å². The number of fused-ring (bicyclic) bond motifs is 1. The molecule has 168 valence electrons. The van der Waals surface area contributed by atoms with Gasteiger partial charge in [0.1, 0.15) is 23.3 Å². The highest BCUT2D eigenvalue weighted by atomic mass is 19.1. The molecule has 4 unspecified atom stereocenters. The van der Waals surface area contributed by atoms with Crippen LogP contribution in [0.1, 0.15) is 101 Å². The highest BCUT2D eigenvalue weighted by Gasteiger charge is 2.39. The summed E-state index contributed by atoms with van der Waals surface area (Å²) in [5, 5.41) is 8.92. The van der Waals surface area contributed by atoms with Crippen LogP contribution in [0.15, 0.2) is 24.3 Å². The van der Waals surface area contributed by atoms with E-state index in [4.69, 9.17) is 5.26 Å². The molecule has 0 spiro atoms. The van der Waals surface area contributed by atoms with Gasteiger partial charge < -0.3 is 0 Å².